The Bertz CT molecular complexity index is 429. The molecule has 0 radical (unpaired) electrons. The van der Waals surface area contributed by atoms with Gasteiger partial charge >= 0.3 is 5.97 Å². The van der Waals surface area contributed by atoms with Gasteiger partial charge in [0, 0.05) is 6.54 Å². The molecule has 4 heteroatoms. The fraction of sp³-hybridized carbons (Fsp3) is 0.429. The molecule has 0 saturated heterocycles. The zero-order valence-electron chi connectivity index (χ0n) is 10.8. The molecule has 1 aromatic carbocycles. The average molecular weight is 249 g/mol. The van der Waals surface area contributed by atoms with Crippen molar-refractivity contribution in [2.24, 2.45) is 0 Å². The number of hydrogen-bond donors (Lipinski definition) is 1. The van der Waals surface area contributed by atoms with E-state index in [0.717, 1.165) is 17.5 Å². The van der Waals surface area contributed by atoms with E-state index in [9.17, 15) is 9.59 Å². The molecule has 0 aliphatic heterocycles. The number of nitrogens with zero attached hydrogens (tertiary/aromatic N) is 1. The Morgan fingerprint density at radius 2 is 2.06 bits per heavy atom. The number of rotatable bonds is 6. The zero-order chi connectivity index (χ0) is 13.5. The molecule has 0 aromatic heterocycles. The number of aryl methyl sites for hydroxylation is 1. The summed E-state index contributed by atoms with van der Waals surface area (Å²) in [4.78, 5) is 24.1. The Labute approximate surface area is 107 Å². The molecule has 0 spiro atoms. The van der Waals surface area contributed by atoms with E-state index in [1.807, 2.05) is 38.1 Å². The van der Waals surface area contributed by atoms with Gasteiger partial charge in [-0.1, -0.05) is 36.8 Å². The predicted molar refractivity (Wildman–Crippen MR) is 69.4 cm³/mol. The van der Waals surface area contributed by atoms with E-state index in [2.05, 4.69) is 0 Å². The lowest BCUT2D eigenvalue weighted by molar-refractivity contribution is -0.144. The van der Waals surface area contributed by atoms with Crippen molar-refractivity contribution in [3.8, 4) is 0 Å². The van der Waals surface area contributed by atoms with Crippen molar-refractivity contribution in [1.29, 1.82) is 0 Å². The monoisotopic (exact) mass is 249 g/mol. The summed E-state index contributed by atoms with van der Waals surface area (Å²) in [5, 5.41) is 8.78. The number of amides is 1. The number of carboxylic acids is 1. The van der Waals surface area contributed by atoms with Crippen LogP contribution in [0.5, 0.6) is 0 Å². The predicted octanol–water partition coefficient (Wildman–Crippen LogP) is 1.86. The Balaban J connectivity index is 2.69. The first-order valence-electron chi connectivity index (χ1n) is 6.08. The summed E-state index contributed by atoms with van der Waals surface area (Å²) in [6.45, 7) is 4.15. The number of carbonyl (C=O) groups excluding carboxylic acids is 1. The van der Waals surface area contributed by atoms with Crippen LogP contribution in [0.25, 0.3) is 0 Å². The second-order valence-corrected chi connectivity index (χ2v) is 4.37. The average Bonchev–Trinajstić information content (AvgIpc) is 2.27. The Morgan fingerprint density at radius 1 is 1.33 bits per heavy atom. The van der Waals surface area contributed by atoms with Gasteiger partial charge in [-0.3, -0.25) is 9.59 Å². The van der Waals surface area contributed by atoms with Crippen LogP contribution < -0.4 is 0 Å². The Hall–Kier alpha value is -1.84. The smallest absolute Gasteiger partial charge is 0.323 e. The largest absolute Gasteiger partial charge is 0.480 e. The van der Waals surface area contributed by atoms with Crippen LogP contribution in [0.3, 0.4) is 0 Å². The second-order valence-electron chi connectivity index (χ2n) is 4.37. The van der Waals surface area contributed by atoms with Crippen molar-refractivity contribution in [3.63, 3.8) is 0 Å². The number of carboxylic acid groups (broad SMARTS) is 1. The third-order valence-electron chi connectivity index (χ3n) is 2.61. The second kappa shape index (κ2) is 6.79. The van der Waals surface area contributed by atoms with Gasteiger partial charge in [0.15, 0.2) is 0 Å². The summed E-state index contributed by atoms with van der Waals surface area (Å²) in [6, 6.07) is 7.70. The molecule has 4 nitrogen and oxygen atoms in total. The molecule has 1 N–H and O–H groups in total. The normalized spacial score (nSPS) is 10.1. The third kappa shape index (κ3) is 4.57. The Kier molecular flexibility index (Phi) is 5.36. The van der Waals surface area contributed by atoms with Gasteiger partial charge in [-0.2, -0.15) is 0 Å². The highest BCUT2D eigenvalue weighted by Crippen LogP contribution is 2.07. The summed E-state index contributed by atoms with van der Waals surface area (Å²) in [5.74, 6) is -1.11. The quantitative estimate of drug-likeness (QED) is 0.837. The fourth-order valence-corrected chi connectivity index (χ4v) is 1.83. The molecule has 0 aliphatic carbocycles. The highest BCUT2D eigenvalue weighted by molar-refractivity contribution is 5.83. The van der Waals surface area contributed by atoms with E-state index in [1.54, 1.807) is 0 Å². The van der Waals surface area contributed by atoms with E-state index in [4.69, 9.17) is 5.11 Å². The minimum absolute atomic E-state index is 0.134. The van der Waals surface area contributed by atoms with Crippen molar-refractivity contribution in [1.82, 2.24) is 4.90 Å². The van der Waals surface area contributed by atoms with E-state index >= 15 is 0 Å². The molecule has 1 amide bonds. The summed E-state index contributed by atoms with van der Waals surface area (Å²) in [5.41, 5.74) is 2.02. The molecule has 0 atom stereocenters. The van der Waals surface area contributed by atoms with Crippen molar-refractivity contribution >= 4 is 11.9 Å². The molecule has 0 saturated carbocycles. The standard InChI is InChI=1S/C14H19NO3/c1-3-7-15(10-14(17)18)13(16)9-12-6-4-5-11(2)8-12/h4-6,8H,3,7,9-10H2,1-2H3,(H,17,18). The lowest BCUT2D eigenvalue weighted by atomic mass is 10.1. The third-order valence-corrected chi connectivity index (χ3v) is 2.61. The van der Waals surface area contributed by atoms with E-state index in [-0.39, 0.29) is 18.9 Å². The van der Waals surface area contributed by atoms with Gasteiger partial charge < -0.3 is 10.0 Å². The Morgan fingerprint density at radius 3 is 2.61 bits per heavy atom. The molecular formula is C14H19NO3. The summed E-state index contributed by atoms with van der Waals surface area (Å²) < 4.78 is 0. The van der Waals surface area contributed by atoms with Gasteiger partial charge in [-0.25, -0.2) is 0 Å². The van der Waals surface area contributed by atoms with E-state index < -0.39 is 5.97 Å². The minimum atomic E-state index is -0.971. The van der Waals surface area contributed by atoms with Crippen LogP contribution in [0.15, 0.2) is 24.3 Å². The lowest BCUT2D eigenvalue weighted by Gasteiger charge is -2.20. The highest BCUT2D eigenvalue weighted by atomic mass is 16.4. The van der Waals surface area contributed by atoms with Crippen molar-refractivity contribution in [2.45, 2.75) is 26.7 Å². The van der Waals surface area contributed by atoms with Gasteiger partial charge in [-0.05, 0) is 18.9 Å². The topological polar surface area (TPSA) is 57.6 Å². The number of benzene rings is 1. The summed E-state index contributed by atoms with van der Waals surface area (Å²) in [6.07, 6.45) is 1.02. The number of aliphatic carboxylic acids is 1. The molecular weight excluding hydrogens is 230 g/mol. The van der Waals surface area contributed by atoms with Crippen LogP contribution in [-0.4, -0.2) is 35.0 Å². The van der Waals surface area contributed by atoms with Crippen LogP contribution in [-0.2, 0) is 16.0 Å². The van der Waals surface area contributed by atoms with E-state index in [0.29, 0.717) is 6.54 Å². The molecule has 0 bridgehead atoms. The van der Waals surface area contributed by atoms with Gasteiger partial charge in [-0.15, -0.1) is 0 Å². The maximum Gasteiger partial charge on any atom is 0.323 e. The molecule has 0 fully saturated rings. The van der Waals surface area contributed by atoms with Crippen LogP contribution >= 0.6 is 0 Å². The van der Waals surface area contributed by atoms with Gasteiger partial charge in [0.1, 0.15) is 6.54 Å². The van der Waals surface area contributed by atoms with Crippen LogP contribution in [0.2, 0.25) is 0 Å². The van der Waals surface area contributed by atoms with Crippen LogP contribution in [0.1, 0.15) is 24.5 Å². The summed E-state index contributed by atoms with van der Waals surface area (Å²) in [7, 11) is 0. The van der Waals surface area contributed by atoms with Gasteiger partial charge in [0.2, 0.25) is 5.91 Å². The molecule has 1 rings (SSSR count). The molecule has 18 heavy (non-hydrogen) atoms. The minimum Gasteiger partial charge on any atom is -0.480 e. The molecule has 0 heterocycles. The summed E-state index contributed by atoms with van der Waals surface area (Å²) >= 11 is 0. The maximum absolute atomic E-state index is 12.0. The molecule has 0 unspecified atom stereocenters. The maximum atomic E-state index is 12.0. The first-order chi connectivity index (χ1) is 8.52. The first-order valence-corrected chi connectivity index (χ1v) is 6.08. The number of carbonyl (C=O) groups is 2. The first kappa shape index (κ1) is 14.2. The van der Waals surface area contributed by atoms with Crippen LogP contribution in [0.4, 0.5) is 0 Å². The molecule has 0 aliphatic rings. The van der Waals surface area contributed by atoms with E-state index in [1.165, 1.54) is 4.90 Å². The van der Waals surface area contributed by atoms with Crippen molar-refractivity contribution in [2.75, 3.05) is 13.1 Å². The highest BCUT2D eigenvalue weighted by Gasteiger charge is 2.16. The van der Waals surface area contributed by atoms with Crippen LogP contribution in [0, 0.1) is 6.92 Å². The molecule has 1 aromatic rings. The van der Waals surface area contributed by atoms with Gasteiger partial charge in [0.25, 0.3) is 0 Å². The SMILES string of the molecule is CCCN(CC(=O)O)C(=O)Cc1cccc(C)c1. The van der Waals surface area contributed by atoms with Crippen molar-refractivity contribution in [3.05, 3.63) is 35.4 Å². The number of hydrogen-bond acceptors (Lipinski definition) is 2. The lowest BCUT2D eigenvalue weighted by Crippen LogP contribution is -2.37. The van der Waals surface area contributed by atoms with Gasteiger partial charge in [0.05, 0.1) is 6.42 Å². The van der Waals surface area contributed by atoms with Crippen molar-refractivity contribution < 1.29 is 14.7 Å². The fourth-order valence-electron chi connectivity index (χ4n) is 1.83. The zero-order valence-corrected chi connectivity index (χ0v) is 10.8. The molecule has 98 valence electrons.